The number of hydrogen-bond donors (Lipinski definition) is 2. The second kappa shape index (κ2) is 5.00. The van der Waals surface area contributed by atoms with Crippen LogP contribution in [0.2, 0.25) is 0 Å². The fourth-order valence-corrected chi connectivity index (χ4v) is 2.51. The lowest BCUT2D eigenvalue weighted by Crippen LogP contribution is -2.54. The molecule has 1 unspecified atom stereocenters. The second-order valence-corrected chi connectivity index (χ2v) is 7.29. The summed E-state index contributed by atoms with van der Waals surface area (Å²) in [6.45, 7) is 0.967. The fourth-order valence-electron chi connectivity index (χ4n) is 1.87. The van der Waals surface area contributed by atoms with Gasteiger partial charge in [0.1, 0.15) is 9.84 Å². The van der Waals surface area contributed by atoms with E-state index in [9.17, 15) is 13.5 Å². The molecule has 0 spiro atoms. The van der Waals surface area contributed by atoms with Crippen molar-refractivity contribution in [1.29, 1.82) is 0 Å². The fraction of sp³-hybridized carbons (Fsp3) is 1.00. The van der Waals surface area contributed by atoms with Gasteiger partial charge in [-0.05, 0) is 25.8 Å². The molecule has 1 aliphatic carbocycles. The van der Waals surface area contributed by atoms with Crippen LogP contribution in [0.3, 0.4) is 0 Å². The highest BCUT2D eigenvalue weighted by Crippen LogP contribution is 2.38. The van der Waals surface area contributed by atoms with Gasteiger partial charge >= 0.3 is 0 Å². The maximum absolute atomic E-state index is 11.0. The summed E-state index contributed by atoms with van der Waals surface area (Å²) in [5, 5.41) is 9.30. The molecule has 96 valence electrons. The molecule has 16 heavy (non-hydrogen) atoms. The lowest BCUT2D eigenvalue weighted by molar-refractivity contribution is 0.136. The Morgan fingerprint density at radius 2 is 2.06 bits per heavy atom. The van der Waals surface area contributed by atoms with Gasteiger partial charge in [-0.25, -0.2) is 8.42 Å². The van der Waals surface area contributed by atoms with E-state index in [1.165, 1.54) is 6.26 Å². The van der Waals surface area contributed by atoms with Gasteiger partial charge in [-0.2, -0.15) is 0 Å². The Bertz CT molecular complexity index is 327. The maximum Gasteiger partial charge on any atom is 0.148 e. The normalized spacial score (nSPS) is 21.1. The van der Waals surface area contributed by atoms with Crippen LogP contribution in [0.15, 0.2) is 0 Å². The van der Waals surface area contributed by atoms with Crippen molar-refractivity contribution < 1.29 is 13.5 Å². The Morgan fingerprint density at radius 1 is 1.50 bits per heavy atom. The van der Waals surface area contributed by atoms with Gasteiger partial charge < -0.3 is 15.7 Å². The molecular formula is C10H22N2O3S. The highest BCUT2D eigenvalue weighted by atomic mass is 32.2. The molecular weight excluding hydrogens is 228 g/mol. The van der Waals surface area contributed by atoms with Crippen molar-refractivity contribution in [2.75, 3.05) is 38.8 Å². The number of nitrogens with two attached hydrogens (primary N) is 1. The van der Waals surface area contributed by atoms with Crippen LogP contribution in [-0.4, -0.2) is 62.7 Å². The van der Waals surface area contributed by atoms with E-state index >= 15 is 0 Å². The van der Waals surface area contributed by atoms with Gasteiger partial charge in [0.15, 0.2) is 0 Å². The average Bonchev–Trinajstić information content (AvgIpc) is 2.96. The minimum Gasteiger partial charge on any atom is -0.394 e. The zero-order chi connectivity index (χ0) is 12.4. The molecule has 0 radical (unpaired) electrons. The van der Waals surface area contributed by atoms with E-state index in [4.69, 9.17) is 5.73 Å². The third kappa shape index (κ3) is 4.37. The van der Waals surface area contributed by atoms with Crippen molar-refractivity contribution in [3.05, 3.63) is 0 Å². The van der Waals surface area contributed by atoms with Crippen LogP contribution in [0, 0.1) is 5.92 Å². The number of sulfone groups is 1. The molecule has 0 aromatic rings. The van der Waals surface area contributed by atoms with Gasteiger partial charge in [-0.1, -0.05) is 0 Å². The molecule has 1 atom stereocenters. The van der Waals surface area contributed by atoms with Gasteiger partial charge in [-0.3, -0.25) is 0 Å². The van der Waals surface area contributed by atoms with Crippen molar-refractivity contribution in [2.45, 2.75) is 18.4 Å². The van der Waals surface area contributed by atoms with Crippen LogP contribution in [0.1, 0.15) is 12.8 Å². The van der Waals surface area contributed by atoms with E-state index in [2.05, 4.69) is 0 Å². The van der Waals surface area contributed by atoms with Crippen molar-refractivity contribution in [2.24, 2.45) is 11.7 Å². The predicted molar refractivity (Wildman–Crippen MR) is 63.9 cm³/mol. The molecule has 0 saturated heterocycles. The molecule has 5 nitrogen and oxygen atoms in total. The number of aliphatic hydroxyl groups is 1. The molecule has 0 amide bonds. The first-order valence-corrected chi connectivity index (χ1v) is 7.59. The Morgan fingerprint density at radius 3 is 2.44 bits per heavy atom. The Hall–Kier alpha value is -0.170. The maximum atomic E-state index is 11.0. The first-order valence-electron chi connectivity index (χ1n) is 5.53. The number of likely N-dealkylation sites (N-methyl/N-ethyl adjacent to an activating group) is 1. The van der Waals surface area contributed by atoms with E-state index < -0.39 is 15.4 Å². The molecule has 1 aliphatic rings. The summed E-state index contributed by atoms with van der Waals surface area (Å²) in [4.78, 5) is 1.88. The highest BCUT2D eigenvalue weighted by molar-refractivity contribution is 7.90. The van der Waals surface area contributed by atoms with E-state index in [1.807, 2.05) is 11.9 Å². The Kier molecular flexibility index (Phi) is 4.34. The van der Waals surface area contributed by atoms with Crippen LogP contribution in [0.5, 0.6) is 0 Å². The summed E-state index contributed by atoms with van der Waals surface area (Å²) in [5.41, 5.74) is 5.54. The summed E-state index contributed by atoms with van der Waals surface area (Å²) in [7, 11) is -1.09. The lowest BCUT2D eigenvalue weighted by atomic mass is 9.95. The molecule has 1 rings (SSSR count). The van der Waals surface area contributed by atoms with Crippen molar-refractivity contribution >= 4 is 9.84 Å². The molecule has 0 aromatic carbocycles. The standard InChI is InChI=1S/C10H22N2O3S/c1-12(5-6-16(2,14)15)7-10(11,8-13)9-3-4-9/h9,13H,3-8,11H2,1-2H3. The first kappa shape index (κ1) is 13.9. The monoisotopic (exact) mass is 250 g/mol. The molecule has 6 heteroatoms. The molecule has 3 N–H and O–H groups in total. The van der Waals surface area contributed by atoms with E-state index in [-0.39, 0.29) is 12.4 Å². The number of hydrogen-bond acceptors (Lipinski definition) is 5. The summed E-state index contributed by atoms with van der Waals surface area (Å²) >= 11 is 0. The van der Waals surface area contributed by atoms with Crippen molar-refractivity contribution in [3.8, 4) is 0 Å². The topological polar surface area (TPSA) is 83.6 Å². The predicted octanol–water partition coefficient (Wildman–Crippen LogP) is -0.937. The minimum absolute atomic E-state index is 0.0408. The number of rotatable bonds is 7. The van der Waals surface area contributed by atoms with E-state index in [0.717, 1.165) is 12.8 Å². The lowest BCUT2D eigenvalue weighted by Gasteiger charge is -2.32. The minimum atomic E-state index is -2.93. The third-order valence-electron chi connectivity index (χ3n) is 3.09. The molecule has 0 heterocycles. The third-order valence-corrected chi connectivity index (χ3v) is 4.02. The first-order chi connectivity index (χ1) is 7.27. The highest BCUT2D eigenvalue weighted by Gasteiger charge is 2.42. The van der Waals surface area contributed by atoms with E-state index in [0.29, 0.717) is 19.0 Å². The van der Waals surface area contributed by atoms with Gasteiger partial charge in [0, 0.05) is 19.3 Å². The second-order valence-electron chi connectivity index (χ2n) is 5.03. The van der Waals surface area contributed by atoms with Crippen LogP contribution in [0.25, 0.3) is 0 Å². The summed E-state index contributed by atoms with van der Waals surface area (Å²) in [6, 6.07) is 0. The quantitative estimate of drug-likeness (QED) is 0.609. The van der Waals surface area contributed by atoms with Gasteiger partial charge in [-0.15, -0.1) is 0 Å². The summed E-state index contributed by atoms with van der Waals surface area (Å²) < 4.78 is 22.0. The van der Waals surface area contributed by atoms with Crippen LogP contribution in [-0.2, 0) is 9.84 Å². The van der Waals surface area contributed by atoms with Crippen molar-refractivity contribution in [3.63, 3.8) is 0 Å². The largest absolute Gasteiger partial charge is 0.394 e. The van der Waals surface area contributed by atoms with Crippen molar-refractivity contribution in [1.82, 2.24) is 4.90 Å². The van der Waals surface area contributed by atoms with Gasteiger partial charge in [0.25, 0.3) is 0 Å². The summed E-state index contributed by atoms with van der Waals surface area (Å²) in [5.74, 6) is 0.522. The van der Waals surface area contributed by atoms with Gasteiger partial charge in [0.2, 0.25) is 0 Å². The van der Waals surface area contributed by atoms with Crippen LogP contribution in [0.4, 0.5) is 0 Å². The molecule has 1 saturated carbocycles. The van der Waals surface area contributed by atoms with E-state index in [1.54, 1.807) is 0 Å². The SMILES string of the molecule is CN(CCS(C)(=O)=O)CC(N)(CO)C1CC1. The average molecular weight is 250 g/mol. The number of aliphatic hydroxyl groups excluding tert-OH is 1. The van der Waals surface area contributed by atoms with Crippen LogP contribution >= 0.6 is 0 Å². The van der Waals surface area contributed by atoms with Gasteiger partial charge in [0.05, 0.1) is 17.9 Å². The molecule has 0 aliphatic heterocycles. The zero-order valence-electron chi connectivity index (χ0n) is 10.0. The molecule has 0 aromatic heterocycles. The summed E-state index contributed by atoms with van der Waals surface area (Å²) in [6.07, 6.45) is 3.36. The Labute approximate surface area is 97.5 Å². The smallest absolute Gasteiger partial charge is 0.148 e. The van der Waals surface area contributed by atoms with Crippen LogP contribution < -0.4 is 5.73 Å². The zero-order valence-corrected chi connectivity index (χ0v) is 10.8. The molecule has 0 bridgehead atoms. The number of nitrogens with zero attached hydrogens (tertiary/aromatic N) is 1. The molecule has 1 fully saturated rings. The Balaban J connectivity index is 2.40.